The van der Waals surface area contributed by atoms with Crippen LogP contribution in [0.2, 0.25) is 0 Å². The highest BCUT2D eigenvalue weighted by molar-refractivity contribution is 9.10. The van der Waals surface area contributed by atoms with Gasteiger partial charge in [0.25, 0.3) is 0 Å². The van der Waals surface area contributed by atoms with Crippen LogP contribution in [0.3, 0.4) is 0 Å². The molecule has 0 bridgehead atoms. The fourth-order valence-electron chi connectivity index (χ4n) is 2.26. The van der Waals surface area contributed by atoms with E-state index in [1.165, 1.54) is 37.8 Å². The SMILES string of the molecule is Fc1ccc(Br)c(OCC2(CBr)CCCC2)c1. The summed E-state index contributed by atoms with van der Waals surface area (Å²) in [7, 11) is 0. The Morgan fingerprint density at radius 3 is 2.65 bits per heavy atom. The van der Waals surface area contributed by atoms with E-state index in [0.29, 0.717) is 12.4 Å². The Hall–Kier alpha value is -0.0900. The van der Waals surface area contributed by atoms with Crippen LogP contribution in [0.4, 0.5) is 4.39 Å². The molecule has 0 aromatic heterocycles. The Labute approximate surface area is 118 Å². The number of benzene rings is 1. The standard InChI is InChI=1S/C13H15Br2FO/c14-8-13(5-1-2-6-13)9-17-12-7-10(16)3-4-11(12)15/h3-4,7H,1-2,5-6,8-9H2. The minimum Gasteiger partial charge on any atom is -0.492 e. The lowest BCUT2D eigenvalue weighted by molar-refractivity contribution is 0.172. The smallest absolute Gasteiger partial charge is 0.136 e. The summed E-state index contributed by atoms with van der Waals surface area (Å²) in [4.78, 5) is 0. The van der Waals surface area contributed by atoms with E-state index in [9.17, 15) is 4.39 Å². The molecule has 4 heteroatoms. The topological polar surface area (TPSA) is 9.23 Å². The summed E-state index contributed by atoms with van der Waals surface area (Å²) in [5.74, 6) is 0.333. The molecule has 1 aliphatic carbocycles. The van der Waals surface area contributed by atoms with Crippen molar-refractivity contribution in [1.82, 2.24) is 0 Å². The molecule has 0 saturated heterocycles. The van der Waals surface area contributed by atoms with Gasteiger partial charge in [0.2, 0.25) is 0 Å². The summed E-state index contributed by atoms with van der Waals surface area (Å²) in [5.41, 5.74) is 0.228. The van der Waals surface area contributed by atoms with Gasteiger partial charge in [0.15, 0.2) is 0 Å². The zero-order valence-electron chi connectivity index (χ0n) is 9.52. The second kappa shape index (κ2) is 5.70. The van der Waals surface area contributed by atoms with Gasteiger partial charge >= 0.3 is 0 Å². The molecule has 0 heterocycles. The Morgan fingerprint density at radius 1 is 1.29 bits per heavy atom. The molecule has 0 spiro atoms. The average molecular weight is 366 g/mol. The zero-order valence-corrected chi connectivity index (χ0v) is 12.7. The maximum absolute atomic E-state index is 13.1. The highest BCUT2D eigenvalue weighted by atomic mass is 79.9. The third-order valence-corrected chi connectivity index (χ3v) is 5.22. The number of ether oxygens (including phenoxy) is 1. The second-order valence-electron chi connectivity index (χ2n) is 4.70. The van der Waals surface area contributed by atoms with Crippen LogP contribution >= 0.6 is 31.9 Å². The number of halogens is 3. The molecule has 0 atom stereocenters. The first-order valence-corrected chi connectivity index (χ1v) is 7.70. The summed E-state index contributed by atoms with van der Waals surface area (Å²) in [6, 6.07) is 4.54. The first kappa shape index (κ1) is 13.3. The van der Waals surface area contributed by atoms with Gasteiger partial charge in [-0.2, -0.15) is 0 Å². The van der Waals surface area contributed by atoms with Crippen LogP contribution in [0.15, 0.2) is 22.7 Å². The Bertz CT molecular complexity index is 389. The Kier molecular flexibility index (Phi) is 4.47. The zero-order chi connectivity index (χ0) is 12.3. The molecular weight excluding hydrogens is 351 g/mol. The summed E-state index contributed by atoms with van der Waals surface area (Å²) in [6.45, 7) is 0.653. The van der Waals surface area contributed by atoms with Gasteiger partial charge in [-0.25, -0.2) is 4.39 Å². The average Bonchev–Trinajstić information content (AvgIpc) is 2.80. The summed E-state index contributed by atoms with van der Waals surface area (Å²) in [5, 5.41) is 0.951. The van der Waals surface area contributed by atoms with Crippen LogP contribution in [0.1, 0.15) is 25.7 Å². The molecule has 2 rings (SSSR count). The summed E-state index contributed by atoms with van der Waals surface area (Å²) >= 11 is 6.95. The Balaban J connectivity index is 2.03. The highest BCUT2D eigenvalue weighted by Crippen LogP contribution is 2.40. The summed E-state index contributed by atoms with van der Waals surface area (Å²) in [6.07, 6.45) is 4.90. The molecule has 0 aliphatic heterocycles. The number of hydrogen-bond donors (Lipinski definition) is 0. The third kappa shape index (κ3) is 3.22. The van der Waals surface area contributed by atoms with Gasteiger partial charge in [-0.05, 0) is 40.9 Å². The van der Waals surface area contributed by atoms with Crippen molar-refractivity contribution in [3.63, 3.8) is 0 Å². The van der Waals surface area contributed by atoms with Crippen LogP contribution in [-0.4, -0.2) is 11.9 Å². The van der Waals surface area contributed by atoms with E-state index in [-0.39, 0.29) is 11.2 Å². The first-order chi connectivity index (χ1) is 8.15. The number of alkyl halides is 1. The van der Waals surface area contributed by atoms with Crippen LogP contribution < -0.4 is 4.74 Å². The molecule has 0 radical (unpaired) electrons. The van der Waals surface area contributed by atoms with Crippen LogP contribution in [0, 0.1) is 11.2 Å². The van der Waals surface area contributed by atoms with Gasteiger partial charge in [-0.1, -0.05) is 28.8 Å². The molecule has 1 aromatic rings. The number of hydrogen-bond acceptors (Lipinski definition) is 1. The molecule has 17 heavy (non-hydrogen) atoms. The van der Waals surface area contributed by atoms with E-state index >= 15 is 0 Å². The molecule has 1 nitrogen and oxygen atoms in total. The van der Waals surface area contributed by atoms with E-state index < -0.39 is 0 Å². The van der Waals surface area contributed by atoms with Crippen molar-refractivity contribution in [2.45, 2.75) is 25.7 Å². The van der Waals surface area contributed by atoms with Crippen LogP contribution in [0.5, 0.6) is 5.75 Å². The largest absolute Gasteiger partial charge is 0.492 e. The lowest BCUT2D eigenvalue weighted by Gasteiger charge is -2.26. The van der Waals surface area contributed by atoms with E-state index in [1.54, 1.807) is 6.07 Å². The van der Waals surface area contributed by atoms with Crippen molar-refractivity contribution in [3.05, 3.63) is 28.5 Å². The quantitative estimate of drug-likeness (QED) is 0.688. The van der Waals surface area contributed by atoms with Gasteiger partial charge < -0.3 is 4.74 Å². The Morgan fingerprint density at radius 2 is 2.00 bits per heavy atom. The third-order valence-electron chi connectivity index (χ3n) is 3.37. The lowest BCUT2D eigenvalue weighted by Crippen LogP contribution is -2.27. The maximum atomic E-state index is 13.1. The van der Waals surface area contributed by atoms with Crippen molar-refractivity contribution in [1.29, 1.82) is 0 Å². The lowest BCUT2D eigenvalue weighted by atomic mass is 9.90. The van der Waals surface area contributed by atoms with Crippen LogP contribution in [0.25, 0.3) is 0 Å². The molecule has 0 unspecified atom stereocenters. The van der Waals surface area contributed by atoms with Gasteiger partial charge in [-0.3, -0.25) is 0 Å². The molecule has 1 aromatic carbocycles. The van der Waals surface area contributed by atoms with E-state index in [0.717, 1.165) is 9.80 Å². The molecule has 94 valence electrons. The van der Waals surface area contributed by atoms with E-state index in [2.05, 4.69) is 31.9 Å². The van der Waals surface area contributed by atoms with Gasteiger partial charge in [0, 0.05) is 16.8 Å². The van der Waals surface area contributed by atoms with Gasteiger partial charge in [-0.15, -0.1) is 0 Å². The predicted molar refractivity (Wildman–Crippen MR) is 74.3 cm³/mol. The fraction of sp³-hybridized carbons (Fsp3) is 0.538. The molecule has 1 aliphatic rings. The highest BCUT2D eigenvalue weighted by Gasteiger charge is 2.33. The summed E-state index contributed by atoms with van der Waals surface area (Å²) < 4.78 is 19.7. The van der Waals surface area contributed by atoms with Crippen molar-refractivity contribution >= 4 is 31.9 Å². The molecule has 1 fully saturated rings. The monoisotopic (exact) mass is 364 g/mol. The predicted octanol–water partition coefficient (Wildman–Crippen LogP) is 4.92. The molecular formula is C13H15Br2FO. The van der Waals surface area contributed by atoms with Gasteiger partial charge in [0.05, 0.1) is 11.1 Å². The number of rotatable bonds is 4. The van der Waals surface area contributed by atoms with Crippen molar-refractivity contribution in [3.8, 4) is 5.75 Å². The second-order valence-corrected chi connectivity index (χ2v) is 6.12. The first-order valence-electron chi connectivity index (χ1n) is 5.79. The molecule has 1 saturated carbocycles. The van der Waals surface area contributed by atoms with Gasteiger partial charge in [0.1, 0.15) is 11.6 Å². The van der Waals surface area contributed by atoms with Crippen molar-refractivity contribution in [2.75, 3.05) is 11.9 Å². The van der Waals surface area contributed by atoms with Crippen molar-refractivity contribution in [2.24, 2.45) is 5.41 Å². The maximum Gasteiger partial charge on any atom is 0.136 e. The van der Waals surface area contributed by atoms with Crippen molar-refractivity contribution < 1.29 is 9.13 Å². The minimum atomic E-state index is -0.262. The van der Waals surface area contributed by atoms with E-state index in [1.807, 2.05) is 0 Å². The molecule has 0 N–H and O–H groups in total. The fourth-order valence-corrected chi connectivity index (χ4v) is 3.34. The molecule has 0 amide bonds. The minimum absolute atomic E-state index is 0.228. The normalized spacial score (nSPS) is 18.3. The van der Waals surface area contributed by atoms with E-state index in [4.69, 9.17) is 4.74 Å². The van der Waals surface area contributed by atoms with Crippen LogP contribution in [-0.2, 0) is 0 Å².